The second kappa shape index (κ2) is 9.88. The Morgan fingerprint density at radius 1 is 1.00 bits per heavy atom. The molecule has 0 saturated carbocycles. The first kappa shape index (κ1) is 22.0. The molecule has 0 radical (unpaired) electrons. The first-order chi connectivity index (χ1) is 14.4. The molecule has 2 atom stereocenters. The topological polar surface area (TPSA) is 97.2 Å². The number of anilines is 2. The largest absolute Gasteiger partial charge is 0.612 e. The van der Waals surface area contributed by atoms with Gasteiger partial charge in [-0.1, -0.05) is 19.1 Å². The lowest BCUT2D eigenvalue weighted by Crippen LogP contribution is -2.20. The molecule has 1 heterocycles. The fraction of sp³-hybridized carbons (Fsp3) is 0.318. The quantitative estimate of drug-likeness (QED) is 0.535. The van der Waals surface area contributed by atoms with Gasteiger partial charge in [-0.2, -0.15) is 0 Å². The fourth-order valence-electron chi connectivity index (χ4n) is 2.87. The lowest BCUT2D eigenvalue weighted by Gasteiger charge is -2.15. The third-order valence-corrected chi connectivity index (χ3v) is 5.71. The maximum atomic E-state index is 11.7. The molecule has 0 saturated heterocycles. The zero-order valence-electron chi connectivity index (χ0n) is 17.7. The van der Waals surface area contributed by atoms with Gasteiger partial charge in [0, 0.05) is 37.5 Å². The molecule has 2 N–H and O–H groups in total. The third-order valence-electron chi connectivity index (χ3n) is 4.77. The summed E-state index contributed by atoms with van der Waals surface area (Å²) in [6.07, 6.45) is 1.82. The van der Waals surface area contributed by atoms with Crippen LogP contribution in [0.4, 0.5) is 11.6 Å². The summed E-state index contributed by atoms with van der Waals surface area (Å²) in [6.45, 7) is 2.27. The van der Waals surface area contributed by atoms with Crippen LogP contribution in [0.2, 0.25) is 0 Å². The van der Waals surface area contributed by atoms with Gasteiger partial charge in [-0.25, -0.2) is 4.98 Å². The molecule has 1 aromatic heterocycles. The maximum absolute atomic E-state index is 11.7. The van der Waals surface area contributed by atoms with E-state index in [2.05, 4.69) is 20.5 Å². The van der Waals surface area contributed by atoms with Crippen molar-refractivity contribution in [3.05, 3.63) is 48.5 Å². The second-order valence-corrected chi connectivity index (χ2v) is 8.58. The number of nitrogens with zero attached hydrogens (tertiary/aromatic N) is 4. The minimum atomic E-state index is -1.04. The van der Waals surface area contributed by atoms with Crippen LogP contribution in [-0.4, -0.2) is 57.8 Å². The molecule has 0 amide bonds. The molecule has 0 spiro atoms. The molecule has 0 bridgehead atoms. The van der Waals surface area contributed by atoms with Crippen molar-refractivity contribution in [3.63, 3.8) is 0 Å². The molecule has 8 heteroatoms. The van der Waals surface area contributed by atoms with Crippen molar-refractivity contribution >= 4 is 22.8 Å². The number of benzene rings is 2. The van der Waals surface area contributed by atoms with Crippen LogP contribution in [-0.2, 0) is 11.2 Å². The number of aliphatic hydroxyl groups excluding tert-OH is 1. The minimum absolute atomic E-state index is 0.355. The summed E-state index contributed by atoms with van der Waals surface area (Å²) in [7, 11) is 3.99. The van der Waals surface area contributed by atoms with Crippen LogP contribution in [0.25, 0.3) is 22.5 Å². The van der Waals surface area contributed by atoms with Gasteiger partial charge in [0.15, 0.2) is 4.90 Å². The van der Waals surface area contributed by atoms with Crippen LogP contribution in [0.1, 0.15) is 13.3 Å². The average molecular weight is 426 g/mol. The van der Waals surface area contributed by atoms with E-state index in [1.54, 1.807) is 6.26 Å². The molecular formula is C22H27N5O2S. The Kier molecular flexibility index (Phi) is 7.25. The van der Waals surface area contributed by atoms with Gasteiger partial charge < -0.3 is 19.9 Å². The number of aliphatic hydroxyl groups is 1. The highest BCUT2D eigenvalue weighted by molar-refractivity contribution is 7.90. The lowest BCUT2D eigenvalue weighted by atomic mass is 10.0. The number of hydrogen-bond donors (Lipinski definition) is 2. The molecule has 2 aromatic carbocycles. The Morgan fingerprint density at radius 3 is 2.17 bits per heavy atom. The van der Waals surface area contributed by atoms with Crippen LogP contribution in [0.5, 0.6) is 0 Å². The standard InChI is InChI=1S/C22H27N5O2S/c1-5-18(28)14-23-22-24-20(15-6-10-17(11-7-15)27(2)3)21(25-26-22)16-8-12-19(13-9-16)30(4)29/h6-13,18,28H,5,14H2,1-4H3,(H,23,24,26). The van der Waals surface area contributed by atoms with E-state index in [0.29, 0.717) is 30.3 Å². The smallest absolute Gasteiger partial charge is 0.243 e. The van der Waals surface area contributed by atoms with Crippen molar-refractivity contribution in [2.45, 2.75) is 24.3 Å². The molecule has 2 unspecified atom stereocenters. The van der Waals surface area contributed by atoms with Gasteiger partial charge >= 0.3 is 0 Å². The van der Waals surface area contributed by atoms with E-state index in [-0.39, 0.29) is 0 Å². The van der Waals surface area contributed by atoms with Crippen LogP contribution in [0.15, 0.2) is 53.4 Å². The zero-order chi connectivity index (χ0) is 21.7. The summed E-state index contributed by atoms with van der Waals surface area (Å²) < 4.78 is 11.7. The highest BCUT2D eigenvalue weighted by Gasteiger charge is 2.15. The van der Waals surface area contributed by atoms with Crippen molar-refractivity contribution < 1.29 is 9.66 Å². The molecule has 0 aliphatic heterocycles. The highest BCUT2D eigenvalue weighted by atomic mass is 32.2. The molecule has 3 aromatic rings. The Morgan fingerprint density at radius 2 is 1.60 bits per heavy atom. The van der Waals surface area contributed by atoms with Crippen LogP contribution < -0.4 is 10.2 Å². The summed E-state index contributed by atoms with van der Waals surface area (Å²) in [6, 6.07) is 15.5. The first-order valence-corrected chi connectivity index (χ1v) is 11.3. The highest BCUT2D eigenvalue weighted by Crippen LogP contribution is 2.30. The number of rotatable bonds is 8. The van der Waals surface area contributed by atoms with Crippen molar-refractivity contribution in [2.75, 3.05) is 37.1 Å². The molecule has 7 nitrogen and oxygen atoms in total. The normalized spacial score (nSPS) is 13.0. The summed E-state index contributed by atoms with van der Waals surface area (Å²) in [5.74, 6) is 0.365. The van der Waals surface area contributed by atoms with Crippen molar-refractivity contribution in [3.8, 4) is 22.5 Å². The average Bonchev–Trinajstić information content (AvgIpc) is 2.77. The van der Waals surface area contributed by atoms with Gasteiger partial charge in [-0.15, -0.1) is 10.2 Å². The van der Waals surface area contributed by atoms with E-state index in [1.807, 2.05) is 74.4 Å². The van der Waals surface area contributed by atoms with E-state index in [1.165, 1.54) is 0 Å². The fourth-order valence-corrected chi connectivity index (χ4v) is 3.39. The van der Waals surface area contributed by atoms with E-state index < -0.39 is 17.3 Å². The monoisotopic (exact) mass is 425 g/mol. The van der Waals surface area contributed by atoms with Crippen molar-refractivity contribution in [1.29, 1.82) is 0 Å². The van der Waals surface area contributed by atoms with Gasteiger partial charge in [0.2, 0.25) is 5.95 Å². The van der Waals surface area contributed by atoms with E-state index in [9.17, 15) is 9.66 Å². The summed E-state index contributed by atoms with van der Waals surface area (Å²) >= 11 is -1.04. The van der Waals surface area contributed by atoms with Gasteiger partial charge in [-0.05, 0) is 54.0 Å². The molecule has 3 rings (SSSR count). The third kappa shape index (κ3) is 5.27. The van der Waals surface area contributed by atoms with Crippen LogP contribution in [0, 0.1) is 0 Å². The predicted molar refractivity (Wildman–Crippen MR) is 122 cm³/mol. The minimum Gasteiger partial charge on any atom is -0.612 e. The summed E-state index contributed by atoms with van der Waals surface area (Å²) in [4.78, 5) is 7.47. The van der Waals surface area contributed by atoms with E-state index >= 15 is 0 Å². The molecular weight excluding hydrogens is 398 g/mol. The van der Waals surface area contributed by atoms with Gasteiger partial charge in [0.25, 0.3) is 0 Å². The Hall–Kier alpha value is -2.68. The number of hydrogen-bond acceptors (Lipinski definition) is 7. The second-order valence-electron chi connectivity index (χ2n) is 7.20. The van der Waals surface area contributed by atoms with Gasteiger partial charge in [-0.3, -0.25) is 0 Å². The molecule has 0 fully saturated rings. The Labute approximate surface area is 180 Å². The van der Waals surface area contributed by atoms with Crippen molar-refractivity contribution in [1.82, 2.24) is 15.2 Å². The van der Waals surface area contributed by atoms with E-state index in [0.717, 1.165) is 21.7 Å². The number of aromatic nitrogens is 3. The summed E-state index contributed by atoms with van der Waals surface area (Å²) in [5, 5.41) is 21.5. The molecule has 0 aliphatic rings. The van der Waals surface area contributed by atoms with Crippen LogP contribution >= 0.6 is 0 Å². The Bertz CT molecular complexity index is 962. The maximum Gasteiger partial charge on any atom is 0.243 e. The van der Waals surface area contributed by atoms with Crippen LogP contribution in [0.3, 0.4) is 0 Å². The summed E-state index contributed by atoms with van der Waals surface area (Å²) in [5.41, 5.74) is 4.17. The van der Waals surface area contributed by atoms with Gasteiger partial charge in [0.1, 0.15) is 17.6 Å². The first-order valence-electron chi connectivity index (χ1n) is 9.77. The number of nitrogens with one attached hydrogen (secondary N) is 1. The molecule has 30 heavy (non-hydrogen) atoms. The predicted octanol–water partition coefficient (Wildman–Crippen LogP) is 3.19. The van der Waals surface area contributed by atoms with E-state index in [4.69, 9.17) is 0 Å². The Balaban J connectivity index is 2.02. The van der Waals surface area contributed by atoms with Crippen molar-refractivity contribution in [2.24, 2.45) is 0 Å². The van der Waals surface area contributed by atoms with Gasteiger partial charge in [0.05, 0.1) is 6.10 Å². The zero-order valence-corrected chi connectivity index (χ0v) is 18.5. The molecule has 0 aliphatic carbocycles. The lowest BCUT2D eigenvalue weighted by molar-refractivity contribution is 0.183. The SMILES string of the molecule is CCC(O)CNc1nnc(-c2ccc([S+](C)[O-])cc2)c(-c2ccc(N(C)C)cc2)n1. The molecule has 158 valence electrons.